The molecule has 10 nitrogen and oxygen atoms in total. The molecule has 0 saturated carbocycles. The summed E-state index contributed by atoms with van der Waals surface area (Å²) in [4.78, 5) is 18.0. The fourth-order valence-corrected chi connectivity index (χ4v) is 2.24. The zero-order valence-corrected chi connectivity index (χ0v) is 10.9. The third kappa shape index (κ3) is 2.36. The first-order valence-electron chi connectivity index (χ1n) is 5.99. The van der Waals surface area contributed by atoms with E-state index in [1.807, 2.05) is 0 Å². The van der Waals surface area contributed by atoms with Gasteiger partial charge in [0.1, 0.15) is 18.1 Å². The summed E-state index contributed by atoms with van der Waals surface area (Å²) < 4.78 is 6.53. The SMILES string of the molecule is C=C[C@H]1[C@H](n2ccc(N)nc2=O)O[C@@](CO)(N=[N+]=[N-])[C@H]1O. The van der Waals surface area contributed by atoms with Crippen molar-refractivity contribution < 1.29 is 14.9 Å². The van der Waals surface area contributed by atoms with Gasteiger partial charge in [-0.1, -0.05) is 11.2 Å². The van der Waals surface area contributed by atoms with E-state index in [2.05, 4.69) is 21.6 Å². The summed E-state index contributed by atoms with van der Waals surface area (Å²) in [7, 11) is 0. The largest absolute Gasteiger partial charge is 0.393 e. The van der Waals surface area contributed by atoms with Crippen molar-refractivity contribution in [1.82, 2.24) is 9.55 Å². The van der Waals surface area contributed by atoms with Gasteiger partial charge in [-0.15, -0.1) is 6.58 Å². The molecule has 1 aliphatic rings. The standard InChI is InChI=1S/C11H14N6O4/c1-2-6-8(19)11(5-18,15-16-13)21-9(6)17-4-3-7(12)14-10(17)20/h2-4,6,8-9,18-19H,1,5H2,(H2,12,14,20)/t6-,8+,9-,11-/m1/s1. The number of hydrogen-bond donors (Lipinski definition) is 3. The minimum atomic E-state index is -1.89. The van der Waals surface area contributed by atoms with Crippen molar-refractivity contribution in [2.45, 2.75) is 18.1 Å². The van der Waals surface area contributed by atoms with Crippen LogP contribution in [0.3, 0.4) is 0 Å². The van der Waals surface area contributed by atoms with Crippen LogP contribution in [-0.4, -0.2) is 38.2 Å². The Morgan fingerprint density at radius 1 is 1.76 bits per heavy atom. The third-order valence-corrected chi connectivity index (χ3v) is 3.32. The lowest BCUT2D eigenvalue weighted by Crippen LogP contribution is -2.42. The van der Waals surface area contributed by atoms with Crippen molar-refractivity contribution in [1.29, 1.82) is 0 Å². The highest BCUT2D eigenvalue weighted by Gasteiger charge is 2.54. The number of anilines is 1. The van der Waals surface area contributed by atoms with Crippen LogP contribution >= 0.6 is 0 Å². The van der Waals surface area contributed by atoms with Gasteiger partial charge in [-0.25, -0.2) is 4.79 Å². The van der Waals surface area contributed by atoms with E-state index in [0.29, 0.717) is 0 Å². The molecule has 4 atom stereocenters. The molecule has 2 rings (SSSR count). The molecule has 0 aliphatic carbocycles. The zero-order valence-electron chi connectivity index (χ0n) is 10.9. The summed E-state index contributed by atoms with van der Waals surface area (Å²) in [5.74, 6) is -0.751. The van der Waals surface area contributed by atoms with Crippen LogP contribution in [0.1, 0.15) is 6.23 Å². The predicted molar refractivity (Wildman–Crippen MR) is 71.7 cm³/mol. The van der Waals surface area contributed by atoms with Crippen molar-refractivity contribution in [3.63, 3.8) is 0 Å². The van der Waals surface area contributed by atoms with E-state index in [0.717, 1.165) is 4.57 Å². The highest BCUT2D eigenvalue weighted by molar-refractivity contribution is 5.23. The molecule has 1 aliphatic heterocycles. The van der Waals surface area contributed by atoms with E-state index in [1.54, 1.807) is 0 Å². The van der Waals surface area contributed by atoms with Crippen LogP contribution in [0.2, 0.25) is 0 Å². The van der Waals surface area contributed by atoms with Crippen molar-refractivity contribution in [3.8, 4) is 0 Å². The van der Waals surface area contributed by atoms with E-state index in [1.165, 1.54) is 18.3 Å². The van der Waals surface area contributed by atoms with Gasteiger partial charge in [-0.05, 0) is 11.6 Å². The molecule has 0 bridgehead atoms. The van der Waals surface area contributed by atoms with Gasteiger partial charge in [0.25, 0.3) is 0 Å². The monoisotopic (exact) mass is 294 g/mol. The van der Waals surface area contributed by atoms with Crippen LogP contribution in [0.15, 0.2) is 34.8 Å². The van der Waals surface area contributed by atoms with Gasteiger partial charge >= 0.3 is 5.69 Å². The Bertz CT molecular complexity index is 654. The lowest BCUT2D eigenvalue weighted by molar-refractivity contribution is -0.124. The predicted octanol–water partition coefficient (Wildman–Crippen LogP) is -0.484. The van der Waals surface area contributed by atoms with Gasteiger partial charge in [0.05, 0.1) is 12.5 Å². The molecule has 1 saturated heterocycles. The first-order chi connectivity index (χ1) is 9.99. The Labute approximate surface area is 118 Å². The second-order valence-electron chi connectivity index (χ2n) is 4.50. The number of aromatic nitrogens is 2. The lowest BCUT2D eigenvalue weighted by atomic mass is 9.96. The smallest absolute Gasteiger partial charge is 0.351 e. The molecule has 1 aromatic heterocycles. The summed E-state index contributed by atoms with van der Waals surface area (Å²) in [5.41, 5.74) is 11.4. The molecule has 1 aromatic rings. The molecule has 21 heavy (non-hydrogen) atoms. The minimum absolute atomic E-state index is 0.0356. The van der Waals surface area contributed by atoms with Crippen LogP contribution in [-0.2, 0) is 4.74 Å². The normalized spacial score (nSPS) is 31.6. The van der Waals surface area contributed by atoms with E-state index in [9.17, 15) is 15.0 Å². The Kier molecular flexibility index (Phi) is 3.96. The number of ether oxygens (including phenoxy) is 1. The van der Waals surface area contributed by atoms with Gasteiger partial charge in [0, 0.05) is 11.1 Å². The molecular formula is C11H14N6O4. The van der Waals surface area contributed by atoms with E-state index in [-0.39, 0.29) is 5.82 Å². The number of hydrogen-bond acceptors (Lipinski definition) is 7. The summed E-state index contributed by atoms with van der Waals surface area (Å²) in [5, 5.41) is 23.0. The summed E-state index contributed by atoms with van der Waals surface area (Å²) in [6.07, 6.45) is 0.283. The first kappa shape index (κ1) is 15.0. The summed E-state index contributed by atoms with van der Waals surface area (Å²) in [6, 6.07) is 1.38. The van der Waals surface area contributed by atoms with Gasteiger partial charge in [-0.2, -0.15) is 4.98 Å². The maximum absolute atomic E-state index is 11.9. The number of nitrogens with two attached hydrogens (primary N) is 1. The lowest BCUT2D eigenvalue weighted by Gasteiger charge is -2.24. The Morgan fingerprint density at radius 3 is 3.00 bits per heavy atom. The summed E-state index contributed by atoms with van der Waals surface area (Å²) >= 11 is 0. The van der Waals surface area contributed by atoms with Crippen molar-refractivity contribution in [3.05, 3.63) is 45.8 Å². The van der Waals surface area contributed by atoms with Gasteiger partial charge in [0.2, 0.25) is 0 Å². The molecular weight excluding hydrogens is 280 g/mol. The minimum Gasteiger partial charge on any atom is -0.393 e. The topological polar surface area (TPSA) is 159 Å². The Hall–Kier alpha value is -2.39. The average molecular weight is 294 g/mol. The van der Waals surface area contributed by atoms with Crippen LogP contribution in [0.25, 0.3) is 10.4 Å². The molecule has 4 N–H and O–H groups in total. The number of aliphatic hydroxyl groups is 2. The highest BCUT2D eigenvalue weighted by Crippen LogP contribution is 2.42. The maximum atomic E-state index is 11.9. The van der Waals surface area contributed by atoms with Gasteiger partial charge in [0.15, 0.2) is 5.72 Å². The van der Waals surface area contributed by atoms with Gasteiger partial charge < -0.3 is 20.7 Å². The Morgan fingerprint density at radius 2 is 2.48 bits per heavy atom. The number of rotatable bonds is 4. The molecule has 1 fully saturated rings. The summed E-state index contributed by atoms with van der Waals surface area (Å²) in [6.45, 7) is 2.81. The van der Waals surface area contributed by atoms with Crippen LogP contribution in [0, 0.1) is 5.92 Å². The van der Waals surface area contributed by atoms with Crippen LogP contribution in [0.5, 0.6) is 0 Å². The molecule has 2 heterocycles. The first-order valence-corrected chi connectivity index (χ1v) is 5.99. The van der Waals surface area contributed by atoms with E-state index >= 15 is 0 Å². The molecule has 0 spiro atoms. The fraction of sp³-hybridized carbons (Fsp3) is 0.455. The Balaban J connectivity index is 2.51. The third-order valence-electron chi connectivity index (χ3n) is 3.32. The van der Waals surface area contributed by atoms with Crippen molar-refractivity contribution in [2.24, 2.45) is 11.0 Å². The van der Waals surface area contributed by atoms with Crippen LogP contribution < -0.4 is 11.4 Å². The van der Waals surface area contributed by atoms with E-state index < -0.39 is 36.3 Å². The second-order valence-corrected chi connectivity index (χ2v) is 4.50. The number of nitrogens with zero attached hydrogens (tertiary/aromatic N) is 5. The van der Waals surface area contributed by atoms with Crippen LogP contribution in [0.4, 0.5) is 5.82 Å². The number of nitrogen functional groups attached to an aromatic ring is 1. The fourth-order valence-electron chi connectivity index (χ4n) is 2.24. The highest BCUT2D eigenvalue weighted by atomic mass is 16.6. The molecule has 0 amide bonds. The molecule has 0 radical (unpaired) electrons. The van der Waals surface area contributed by atoms with E-state index in [4.69, 9.17) is 16.0 Å². The van der Waals surface area contributed by atoms with Crippen molar-refractivity contribution >= 4 is 5.82 Å². The second kappa shape index (κ2) is 5.54. The zero-order chi connectivity index (χ0) is 15.6. The quantitative estimate of drug-likeness (QED) is 0.294. The number of azide groups is 1. The molecule has 0 unspecified atom stereocenters. The van der Waals surface area contributed by atoms with Crippen molar-refractivity contribution in [2.75, 3.05) is 12.3 Å². The molecule has 10 heteroatoms. The molecule has 0 aromatic carbocycles. The average Bonchev–Trinajstić information content (AvgIpc) is 2.72. The maximum Gasteiger partial charge on any atom is 0.351 e. The molecule has 112 valence electrons. The van der Waals surface area contributed by atoms with Gasteiger partial charge in [-0.3, -0.25) is 4.57 Å². The number of aliphatic hydroxyl groups excluding tert-OH is 2.